The molecule has 1 fully saturated rings. The number of hydrogen-bond donors (Lipinski definition) is 2. The van der Waals surface area contributed by atoms with Gasteiger partial charge in [0, 0.05) is 0 Å². The number of aliphatic hydroxyl groups excluding tert-OH is 1. The Morgan fingerprint density at radius 1 is 1.62 bits per heavy atom. The predicted molar refractivity (Wildman–Crippen MR) is 28.1 cm³/mol. The molecule has 1 saturated heterocycles. The zero-order valence-electron chi connectivity index (χ0n) is 4.60. The van der Waals surface area contributed by atoms with E-state index in [9.17, 15) is 4.39 Å². The third kappa shape index (κ3) is 1.17. The second-order valence-electron chi connectivity index (χ2n) is 2.06. The average Bonchev–Trinajstić information content (AvgIpc) is 1.77. The van der Waals surface area contributed by atoms with E-state index in [1.807, 2.05) is 0 Å². The molecule has 0 bridgehead atoms. The maximum absolute atomic E-state index is 12.3. The first-order valence-corrected chi connectivity index (χ1v) is 2.86. The first-order valence-electron chi connectivity index (χ1n) is 2.86. The molecule has 2 N–H and O–H groups in total. The van der Waals surface area contributed by atoms with Crippen LogP contribution >= 0.6 is 0 Å². The van der Waals surface area contributed by atoms with Crippen LogP contribution in [0.3, 0.4) is 0 Å². The van der Waals surface area contributed by atoms with Crippen LogP contribution in [0.5, 0.6) is 0 Å². The highest BCUT2D eigenvalue weighted by Crippen LogP contribution is 2.09. The predicted octanol–water partition coefficient (Wildman–Crippen LogP) is 0.0263. The van der Waals surface area contributed by atoms with E-state index in [1.54, 1.807) is 0 Å². The summed E-state index contributed by atoms with van der Waals surface area (Å²) >= 11 is 0. The highest BCUT2D eigenvalue weighted by atomic mass is 19.1. The molecule has 0 aromatic heterocycles. The summed E-state index contributed by atoms with van der Waals surface area (Å²) in [5.41, 5.74) is 0. The van der Waals surface area contributed by atoms with Crippen molar-refractivity contribution in [1.82, 2.24) is 5.32 Å². The van der Waals surface area contributed by atoms with Crippen LogP contribution in [0.1, 0.15) is 12.8 Å². The highest BCUT2D eigenvalue weighted by Gasteiger charge is 2.20. The lowest BCUT2D eigenvalue weighted by atomic mass is 10.1. The standard InChI is InChI=1S/C5H10FNO/c6-4-2-1-3-7-5(4)8/h4-5,7-8H,1-3H2. The van der Waals surface area contributed by atoms with Gasteiger partial charge in [0.05, 0.1) is 0 Å². The summed E-state index contributed by atoms with van der Waals surface area (Å²) in [6.07, 6.45) is -0.639. The van der Waals surface area contributed by atoms with Crippen LogP contribution in [0, 0.1) is 0 Å². The van der Waals surface area contributed by atoms with Crippen LogP contribution in [-0.2, 0) is 0 Å². The monoisotopic (exact) mass is 119 g/mol. The molecule has 8 heavy (non-hydrogen) atoms. The minimum atomic E-state index is -1.05. The number of hydrogen-bond acceptors (Lipinski definition) is 2. The molecule has 0 aliphatic carbocycles. The van der Waals surface area contributed by atoms with Crippen molar-refractivity contribution in [1.29, 1.82) is 0 Å². The van der Waals surface area contributed by atoms with Crippen molar-refractivity contribution in [3.05, 3.63) is 0 Å². The van der Waals surface area contributed by atoms with Gasteiger partial charge in [0.15, 0.2) is 0 Å². The Labute approximate surface area is 47.7 Å². The molecule has 1 aliphatic heterocycles. The lowest BCUT2D eigenvalue weighted by Crippen LogP contribution is -2.42. The molecule has 1 rings (SSSR count). The van der Waals surface area contributed by atoms with E-state index in [0.717, 1.165) is 13.0 Å². The molecule has 0 aromatic rings. The average molecular weight is 119 g/mol. The minimum absolute atomic E-state index is 0.494. The normalized spacial score (nSPS) is 39.8. The van der Waals surface area contributed by atoms with Gasteiger partial charge in [0.25, 0.3) is 0 Å². The van der Waals surface area contributed by atoms with Crippen molar-refractivity contribution >= 4 is 0 Å². The molecule has 0 saturated carbocycles. The third-order valence-electron chi connectivity index (χ3n) is 1.35. The summed E-state index contributed by atoms with van der Waals surface area (Å²) < 4.78 is 12.3. The van der Waals surface area contributed by atoms with Crippen molar-refractivity contribution < 1.29 is 9.50 Å². The second kappa shape index (κ2) is 2.42. The van der Waals surface area contributed by atoms with Crippen LogP contribution in [-0.4, -0.2) is 24.1 Å². The number of aliphatic hydroxyl groups is 1. The summed E-state index contributed by atoms with van der Waals surface area (Å²) in [6.45, 7) is 0.738. The molecule has 2 nitrogen and oxygen atoms in total. The fourth-order valence-electron chi connectivity index (χ4n) is 0.833. The van der Waals surface area contributed by atoms with Gasteiger partial charge in [0.2, 0.25) is 0 Å². The van der Waals surface area contributed by atoms with Crippen LogP contribution in [0.15, 0.2) is 0 Å². The maximum Gasteiger partial charge on any atom is 0.139 e. The van der Waals surface area contributed by atoms with E-state index in [4.69, 9.17) is 5.11 Å². The molecule has 0 aromatic carbocycles. The summed E-state index contributed by atoms with van der Waals surface area (Å²) in [7, 11) is 0. The van der Waals surface area contributed by atoms with E-state index >= 15 is 0 Å². The molecule has 2 atom stereocenters. The zero-order chi connectivity index (χ0) is 5.98. The molecule has 2 unspecified atom stereocenters. The Morgan fingerprint density at radius 2 is 2.38 bits per heavy atom. The first kappa shape index (κ1) is 5.98. The smallest absolute Gasteiger partial charge is 0.139 e. The zero-order valence-corrected chi connectivity index (χ0v) is 4.60. The number of alkyl halides is 1. The number of piperidine rings is 1. The molecule has 0 spiro atoms. The fourth-order valence-corrected chi connectivity index (χ4v) is 0.833. The Hall–Kier alpha value is -0.150. The van der Waals surface area contributed by atoms with E-state index in [1.165, 1.54) is 0 Å². The van der Waals surface area contributed by atoms with E-state index in [-0.39, 0.29) is 0 Å². The van der Waals surface area contributed by atoms with Crippen LogP contribution in [0.25, 0.3) is 0 Å². The number of nitrogens with one attached hydrogen (secondary N) is 1. The molecule has 3 heteroatoms. The lowest BCUT2D eigenvalue weighted by Gasteiger charge is -2.21. The van der Waals surface area contributed by atoms with Crippen LogP contribution < -0.4 is 5.32 Å². The van der Waals surface area contributed by atoms with Gasteiger partial charge < -0.3 is 5.11 Å². The lowest BCUT2D eigenvalue weighted by molar-refractivity contribution is 0.0266. The van der Waals surface area contributed by atoms with Crippen molar-refractivity contribution in [2.45, 2.75) is 25.2 Å². The van der Waals surface area contributed by atoms with Crippen molar-refractivity contribution in [2.75, 3.05) is 6.54 Å². The SMILES string of the molecule is OC1NCCCC1F. The summed E-state index contributed by atoms with van der Waals surface area (Å²) in [5, 5.41) is 11.3. The molecule has 1 aliphatic rings. The third-order valence-corrected chi connectivity index (χ3v) is 1.35. The fraction of sp³-hybridized carbons (Fsp3) is 1.00. The van der Waals surface area contributed by atoms with Crippen LogP contribution in [0.4, 0.5) is 4.39 Å². The Balaban J connectivity index is 2.28. The molecule has 48 valence electrons. The highest BCUT2D eigenvalue weighted by molar-refractivity contribution is 4.71. The largest absolute Gasteiger partial charge is 0.376 e. The molecule has 0 radical (unpaired) electrons. The second-order valence-corrected chi connectivity index (χ2v) is 2.06. The van der Waals surface area contributed by atoms with Gasteiger partial charge in [-0.3, -0.25) is 5.32 Å². The van der Waals surface area contributed by atoms with E-state index in [0.29, 0.717) is 6.42 Å². The molecule has 1 heterocycles. The van der Waals surface area contributed by atoms with Gasteiger partial charge in [-0.2, -0.15) is 0 Å². The Morgan fingerprint density at radius 3 is 2.75 bits per heavy atom. The molecule has 0 amide bonds. The number of halogens is 1. The minimum Gasteiger partial charge on any atom is -0.376 e. The van der Waals surface area contributed by atoms with Crippen molar-refractivity contribution in [3.63, 3.8) is 0 Å². The maximum atomic E-state index is 12.3. The van der Waals surface area contributed by atoms with E-state index < -0.39 is 12.4 Å². The quantitative estimate of drug-likeness (QED) is 0.471. The van der Waals surface area contributed by atoms with Gasteiger partial charge in [-0.1, -0.05) is 0 Å². The van der Waals surface area contributed by atoms with Gasteiger partial charge in [-0.25, -0.2) is 4.39 Å². The van der Waals surface area contributed by atoms with Gasteiger partial charge in [-0.15, -0.1) is 0 Å². The van der Waals surface area contributed by atoms with Gasteiger partial charge in [0.1, 0.15) is 12.4 Å². The number of rotatable bonds is 0. The summed E-state index contributed by atoms with van der Waals surface area (Å²) in [6, 6.07) is 0. The summed E-state index contributed by atoms with van der Waals surface area (Å²) in [5.74, 6) is 0. The van der Waals surface area contributed by atoms with Crippen molar-refractivity contribution in [2.24, 2.45) is 0 Å². The van der Waals surface area contributed by atoms with Crippen LogP contribution in [0.2, 0.25) is 0 Å². The van der Waals surface area contributed by atoms with E-state index in [2.05, 4.69) is 5.32 Å². The molecular formula is C5H10FNO. The van der Waals surface area contributed by atoms with Gasteiger partial charge in [-0.05, 0) is 19.4 Å². The Bertz CT molecular complexity index is 68.8. The summed E-state index contributed by atoms with van der Waals surface area (Å²) in [4.78, 5) is 0. The Kier molecular flexibility index (Phi) is 1.81. The van der Waals surface area contributed by atoms with Crippen molar-refractivity contribution in [3.8, 4) is 0 Å². The topological polar surface area (TPSA) is 32.3 Å². The molecular weight excluding hydrogens is 109 g/mol. The van der Waals surface area contributed by atoms with Gasteiger partial charge >= 0.3 is 0 Å². The first-order chi connectivity index (χ1) is 3.80.